The minimum absolute atomic E-state index is 0.0127. The van der Waals surface area contributed by atoms with Gasteiger partial charge < -0.3 is 53.6 Å². The van der Waals surface area contributed by atoms with E-state index in [4.69, 9.17) is 17.2 Å². The van der Waals surface area contributed by atoms with Gasteiger partial charge in [-0.1, -0.05) is 26.0 Å². The van der Waals surface area contributed by atoms with Crippen molar-refractivity contribution in [1.29, 1.82) is 0 Å². The number of hydrogen-bond acceptors (Lipinski definition) is 10. The van der Waals surface area contributed by atoms with E-state index in [1.165, 1.54) is 24.0 Å². The molecule has 0 aliphatic carbocycles. The number of nitrogens with one attached hydrogen (secondary N) is 4. The van der Waals surface area contributed by atoms with Gasteiger partial charge in [0.05, 0.1) is 6.04 Å². The van der Waals surface area contributed by atoms with Crippen molar-refractivity contribution in [2.45, 2.75) is 121 Å². The maximum absolute atomic E-state index is 13.8. The Balaban J connectivity index is 2.25. The highest BCUT2D eigenvalue weighted by atomic mass is 16.4. The molecule has 0 spiro atoms. The molecule has 1 aromatic carbocycles. The second-order valence-electron chi connectivity index (χ2n) is 13.6. The molecular weight excluding hydrogens is 660 g/mol. The van der Waals surface area contributed by atoms with E-state index in [0.717, 1.165) is 0 Å². The van der Waals surface area contributed by atoms with Crippen molar-refractivity contribution >= 4 is 35.5 Å². The van der Waals surface area contributed by atoms with Crippen molar-refractivity contribution in [2.75, 3.05) is 19.6 Å². The van der Waals surface area contributed by atoms with Gasteiger partial charge in [-0.25, -0.2) is 4.79 Å². The fourth-order valence-electron chi connectivity index (χ4n) is 5.90. The van der Waals surface area contributed by atoms with Gasteiger partial charge in [-0.15, -0.1) is 0 Å². The van der Waals surface area contributed by atoms with E-state index in [0.29, 0.717) is 70.1 Å². The van der Waals surface area contributed by atoms with Crippen LogP contribution in [0, 0.1) is 5.92 Å². The molecule has 51 heavy (non-hydrogen) atoms. The number of carbonyl (C=O) groups excluding carboxylic acids is 5. The molecule has 1 fully saturated rings. The van der Waals surface area contributed by atoms with E-state index in [1.807, 2.05) is 13.8 Å². The van der Waals surface area contributed by atoms with E-state index in [1.54, 1.807) is 12.1 Å². The van der Waals surface area contributed by atoms with Crippen LogP contribution in [0.25, 0.3) is 0 Å². The standard InChI is InChI=1S/C35H58N8O8/c1-21(2)19-27(41-30(45)22(3)38)34(49)43-18-8-11-29(43)33(48)40-26(10-5-7-17-37)31(46)39-25(9-4-6-16-36)32(47)42-28(35(50)51)20-23-12-14-24(44)15-13-23/h12-15,21-22,25-29,44H,4-11,16-20,36-38H2,1-3H3,(H,39,46)(H,40,48)(H,41,45)(H,42,47)(H,50,51)/t22-,25-,26-,27-,28-,29-/m0/s1. The fraction of sp³-hybridized carbons (Fsp3) is 0.657. The lowest BCUT2D eigenvalue weighted by Gasteiger charge is -2.31. The molecule has 0 radical (unpaired) electrons. The summed E-state index contributed by atoms with van der Waals surface area (Å²) in [5.41, 5.74) is 17.6. The number of nitrogens with zero attached hydrogens (tertiary/aromatic N) is 1. The number of unbranched alkanes of at least 4 members (excludes halogenated alkanes) is 2. The first-order valence-electron chi connectivity index (χ1n) is 17.9. The van der Waals surface area contributed by atoms with Crippen LogP contribution >= 0.6 is 0 Å². The summed E-state index contributed by atoms with van der Waals surface area (Å²) >= 11 is 0. The molecule has 5 amide bonds. The smallest absolute Gasteiger partial charge is 0.326 e. The van der Waals surface area contributed by atoms with Gasteiger partial charge in [0.1, 0.15) is 36.0 Å². The van der Waals surface area contributed by atoms with Gasteiger partial charge in [0.2, 0.25) is 29.5 Å². The van der Waals surface area contributed by atoms with Crippen LogP contribution in [0.15, 0.2) is 24.3 Å². The molecule has 0 aromatic heterocycles. The summed E-state index contributed by atoms with van der Waals surface area (Å²) in [6, 6.07) is -0.197. The lowest BCUT2D eigenvalue weighted by atomic mass is 10.0. The van der Waals surface area contributed by atoms with Gasteiger partial charge in [0.15, 0.2) is 0 Å². The second kappa shape index (κ2) is 21.8. The van der Waals surface area contributed by atoms with Crippen molar-refractivity contribution < 1.29 is 39.0 Å². The largest absolute Gasteiger partial charge is 0.508 e. The number of carbonyl (C=O) groups is 6. The van der Waals surface area contributed by atoms with Gasteiger partial charge in [0, 0.05) is 13.0 Å². The number of likely N-dealkylation sites (tertiary alicyclic amines) is 1. The van der Waals surface area contributed by atoms with E-state index >= 15 is 0 Å². The van der Waals surface area contributed by atoms with Gasteiger partial charge in [-0.2, -0.15) is 0 Å². The summed E-state index contributed by atoms with van der Waals surface area (Å²) in [7, 11) is 0. The highest BCUT2D eigenvalue weighted by molar-refractivity contribution is 5.96. The number of benzene rings is 1. The highest BCUT2D eigenvalue weighted by Crippen LogP contribution is 2.21. The molecule has 1 aliphatic heterocycles. The van der Waals surface area contributed by atoms with Crippen LogP contribution in [0.5, 0.6) is 5.75 Å². The number of hydrogen-bond donors (Lipinski definition) is 9. The summed E-state index contributed by atoms with van der Waals surface area (Å²) in [4.78, 5) is 80.6. The van der Waals surface area contributed by atoms with Crippen LogP contribution < -0.4 is 38.5 Å². The van der Waals surface area contributed by atoms with Gasteiger partial charge in [-0.05, 0) is 101 Å². The average molecular weight is 719 g/mol. The van der Waals surface area contributed by atoms with E-state index in [9.17, 15) is 39.0 Å². The van der Waals surface area contributed by atoms with E-state index in [2.05, 4.69) is 21.3 Å². The molecule has 1 aliphatic rings. The molecule has 286 valence electrons. The molecule has 12 N–H and O–H groups in total. The van der Waals surface area contributed by atoms with Crippen LogP contribution in [0.2, 0.25) is 0 Å². The van der Waals surface area contributed by atoms with Crippen LogP contribution in [0.3, 0.4) is 0 Å². The highest BCUT2D eigenvalue weighted by Gasteiger charge is 2.39. The Kier molecular flexibility index (Phi) is 18.4. The molecule has 0 unspecified atom stereocenters. The molecule has 6 atom stereocenters. The summed E-state index contributed by atoms with van der Waals surface area (Å²) in [5.74, 6) is -3.99. The molecule has 0 saturated carbocycles. The lowest BCUT2D eigenvalue weighted by molar-refractivity contribution is -0.143. The number of aromatic hydroxyl groups is 1. The first-order chi connectivity index (χ1) is 24.2. The minimum Gasteiger partial charge on any atom is -0.508 e. The third-order valence-electron chi connectivity index (χ3n) is 8.72. The van der Waals surface area contributed by atoms with E-state index < -0.39 is 71.8 Å². The molecule has 1 aromatic rings. The average Bonchev–Trinajstić information content (AvgIpc) is 3.57. The van der Waals surface area contributed by atoms with Crippen molar-refractivity contribution in [1.82, 2.24) is 26.2 Å². The first-order valence-corrected chi connectivity index (χ1v) is 17.9. The number of amides is 5. The Morgan fingerprint density at radius 2 is 1.31 bits per heavy atom. The third-order valence-corrected chi connectivity index (χ3v) is 8.72. The number of phenols is 1. The Morgan fingerprint density at radius 1 is 0.784 bits per heavy atom. The SMILES string of the molecule is CC(C)C[C@H](NC(=O)[C@H](C)N)C(=O)N1CCC[C@H]1C(=O)N[C@@H](CCCCN)C(=O)N[C@@H](CCCCN)C(=O)N[C@@H](Cc1ccc(O)cc1)C(=O)O. The zero-order chi connectivity index (χ0) is 38.1. The number of carboxylic acids is 1. The van der Waals surface area contributed by atoms with Crippen molar-refractivity contribution in [3.05, 3.63) is 29.8 Å². The molecule has 0 bridgehead atoms. The second-order valence-corrected chi connectivity index (χ2v) is 13.6. The summed E-state index contributed by atoms with van der Waals surface area (Å²) in [6.45, 7) is 6.35. The summed E-state index contributed by atoms with van der Waals surface area (Å²) in [6.07, 6.45) is 3.62. The van der Waals surface area contributed by atoms with Crippen LogP contribution in [-0.4, -0.2) is 107 Å². The molecule has 16 nitrogen and oxygen atoms in total. The summed E-state index contributed by atoms with van der Waals surface area (Å²) in [5, 5.41) is 30.2. The zero-order valence-electron chi connectivity index (χ0n) is 30.1. The Bertz CT molecular complexity index is 1310. The van der Waals surface area contributed by atoms with Crippen LogP contribution in [-0.2, 0) is 35.2 Å². The number of nitrogens with two attached hydrogens (primary N) is 3. The Labute approximate surface area is 300 Å². The predicted octanol–water partition coefficient (Wildman–Crippen LogP) is -0.399. The minimum atomic E-state index is -1.32. The number of carboxylic acid groups (broad SMARTS) is 1. The summed E-state index contributed by atoms with van der Waals surface area (Å²) < 4.78 is 0. The van der Waals surface area contributed by atoms with Crippen molar-refractivity contribution in [2.24, 2.45) is 23.1 Å². The zero-order valence-corrected chi connectivity index (χ0v) is 30.1. The van der Waals surface area contributed by atoms with Crippen molar-refractivity contribution in [3.8, 4) is 5.75 Å². The number of phenolic OH excluding ortho intramolecular Hbond substituents is 1. The lowest BCUT2D eigenvalue weighted by Crippen LogP contribution is -2.59. The monoisotopic (exact) mass is 718 g/mol. The third kappa shape index (κ3) is 14.5. The van der Waals surface area contributed by atoms with Crippen LogP contribution in [0.4, 0.5) is 0 Å². The normalized spacial score (nSPS) is 17.2. The molecule has 16 heteroatoms. The van der Waals surface area contributed by atoms with Crippen LogP contribution in [0.1, 0.15) is 84.1 Å². The number of aliphatic carboxylic acids is 1. The van der Waals surface area contributed by atoms with E-state index in [-0.39, 0.29) is 30.9 Å². The maximum Gasteiger partial charge on any atom is 0.326 e. The maximum atomic E-state index is 13.8. The first kappa shape index (κ1) is 42.9. The van der Waals surface area contributed by atoms with Gasteiger partial charge in [-0.3, -0.25) is 24.0 Å². The molecular formula is C35H58N8O8. The van der Waals surface area contributed by atoms with Gasteiger partial charge in [0.25, 0.3) is 0 Å². The predicted molar refractivity (Wildman–Crippen MR) is 191 cm³/mol. The quantitative estimate of drug-likeness (QED) is 0.0696. The molecule has 1 saturated heterocycles. The number of rotatable bonds is 22. The molecule has 2 rings (SSSR count). The van der Waals surface area contributed by atoms with Crippen molar-refractivity contribution in [3.63, 3.8) is 0 Å². The molecule has 1 heterocycles. The topological polar surface area (TPSA) is 272 Å². The van der Waals surface area contributed by atoms with Gasteiger partial charge >= 0.3 is 5.97 Å². The Hall–Kier alpha value is -4.28. The Morgan fingerprint density at radius 3 is 1.82 bits per heavy atom. The fourth-order valence-corrected chi connectivity index (χ4v) is 5.90.